The van der Waals surface area contributed by atoms with Crippen LogP contribution < -0.4 is 10.6 Å². The summed E-state index contributed by atoms with van der Waals surface area (Å²) in [7, 11) is 0. The Bertz CT molecular complexity index is 163. The lowest BCUT2D eigenvalue weighted by molar-refractivity contribution is 0.490. The zero-order chi connectivity index (χ0) is 9.83. The Morgan fingerprint density at radius 1 is 0.667 bits per heavy atom. The van der Waals surface area contributed by atoms with Crippen LogP contribution in [0, 0.1) is 12.1 Å². The van der Waals surface area contributed by atoms with Gasteiger partial charge < -0.3 is 10.6 Å². The van der Waals surface area contributed by atoms with Crippen LogP contribution in [0.1, 0.15) is 41.5 Å². The molecule has 2 N–H and O–H groups in total. The van der Waals surface area contributed by atoms with Gasteiger partial charge in [0.25, 0.3) is 0 Å². The van der Waals surface area contributed by atoms with E-state index in [1.165, 1.54) is 0 Å². The molecule has 0 rings (SSSR count). The van der Waals surface area contributed by atoms with E-state index in [4.69, 9.17) is 0 Å². The molecule has 0 aliphatic heterocycles. The lowest BCUT2D eigenvalue weighted by Crippen LogP contribution is -2.34. The predicted octanol–water partition coefficient (Wildman–Crippen LogP) is 1.68. The zero-order valence-corrected chi connectivity index (χ0v) is 9.00. The number of hydrogen-bond donors (Lipinski definition) is 2. The summed E-state index contributed by atoms with van der Waals surface area (Å²) >= 11 is 0. The standard InChI is InChI=1S/C10H20N2/c1-9(2,3)11-7-8-12-10(4,5)6/h11-12H,1-6H3. The van der Waals surface area contributed by atoms with Gasteiger partial charge in [-0.2, -0.15) is 0 Å². The molecule has 0 aromatic heterocycles. The Balaban J connectivity index is 3.77. The van der Waals surface area contributed by atoms with Gasteiger partial charge in [0, 0.05) is 23.2 Å². The summed E-state index contributed by atoms with van der Waals surface area (Å²) in [4.78, 5) is 0. The van der Waals surface area contributed by atoms with Gasteiger partial charge in [-0.25, -0.2) is 0 Å². The minimum absolute atomic E-state index is 0.0621. The minimum Gasteiger partial charge on any atom is -0.339 e. The van der Waals surface area contributed by atoms with Crippen molar-refractivity contribution < 1.29 is 0 Å². The largest absolute Gasteiger partial charge is 0.339 e. The Kier molecular flexibility index (Phi) is 3.45. The maximum absolute atomic E-state index is 3.07. The van der Waals surface area contributed by atoms with E-state index in [2.05, 4.69) is 64.3 Å². The quantitative estimate of drug-likeness (QED) is 0.425. The summed E-state index contributed by atoms with van der Waals surface area (Å²) < 4.78 is 0. The van der Waals surface area contributed by atoms with Crippen LogP contribution in [0.4, 0.5) is 0 Å². The molecule has 12 heavy (non-hydrogen) atoms. The van der Waals surface area contributed by atoms with Crippen LogP contribution in [-0.2, 0) is 0 Å². The first-order valence-corrected chi connectivity index (χ1v) is 4.25. The van der Waals surface area contributed by atoms with E-state index in [0.717, 1.165) is 0 Å². The SMILES string of the molecule is CC(C)(C)NC#CNC(C)(C)C. The van der Waals surface area contributed by atoms with Crippen LogP contribution >= 0.6 is 0 Å². The van der Waals surface area contributed by atoms with Crippen LogP contribution in [0.25, 0.3) is 0 Å². The summed E-state index contributed by atoms with van der Waals surface area (Å²) in [6, 6.07) is 5.74. The Morgan fingerprint density at radius 2 is 0.917 bits per heavy atom. The summed E-state index contributed by atoms with van der Waals surface area (Å²) in [5, 5.41) is 6.14. The fraction of sp³-hybridized carbons (Fsp3) is 0.800. The molecule has 0 bridgehead atoms. The Hall–Kier alpha value is -0.840. The summed E-state index contributed by atoms with van der Waals surface area (Å²) in [6.45, 7) is 12.5. The lowest BCUT2D eigenvalue weighted by Gasteiger charge is -2.18. The third-order valence-electron chi connectivity index (χ3n) is 0.938. The Morgan fingerprint density at radius 3 is 1.08 bits per heavy atom. The van der Waals surface area contributed by atoms with Gasteiger partial charge in [0.2, 0.25) is 0 Å². The third kappa shape index (κ3) is 9.16. The van der Waals surface area contributed by atoms with E-state index in [0.29, 0.717) is 0 Å². The van der Waals surface area contributed by atoms with Crippen LogP contribution in [0.2, 0.25) is 0 Å². The van der Waals surface area contributed by atoms with Crippen molar-refractivity contribution in [1.29, 1.82) is 0 Å². The molecule has 0 aliphatic rings. The number of nitrogens with one attached hydrogen (secondary N) is 2. The smallest absolute Gasteiger partial charge is 0.0366 e. The van der Waals surface area contributed by atoms with E-state index in [-0.39, 0.29) is 11.1 Å². The van der Waals surface area contributed by atoms with Crippen molar-refractivity contribution in [3.05, 3.63) is 0 Å². The molecule has 0 saturated carbocycles. The molecule has 0 unspecified atom stereocenters. The normalized spacial score (nSPS) is 11.5. The molecule has 2 heteroatoms. The second kappa shape index (κ2) is 3.71. The molecule has 0 atom stereocenters. The molecule has 0 heterocycles. The maximum atomic E-state index is 3.07. The van der Waals surface area contributed by atoms with Crippen molar-refractivity contribution in [3.8, 4) is 12.1 Å². The fourth-order valence-corrected chi connectivity index (χ4v) is 0.438. The molecule has 0 spiro atoms. The molecule has 0 saturated heterocycles. The molecular weight excluding hydrogens is 148 g/mol. The average molecular weight is 168 g/mol. The first-order chi connectivity index (χ1) is 5.21. The predicted molar refractivity (Wildman–Crippen MR) is 53.6 cm³/mol. The van der Waals surface area contributed by atoms with Crippen molar-refractivity contribution in [3.63, 3.8) is 0 Å². The van der Waals surface area contributed by atoms with Crippen molar-refractivity contribution in [2.24, 2.45) is 0 Å². The highest BCUT2D eigenvalue weighted by atomic mass is 15.0. The van der Waals surface area contributed by atoms with Crippen molar-refractivity contribution in [2.75, 3.05) is 0 Å². The molecule has 2 nitrogen and oxygen atoms in total. The first-order valence-electron chi connectivity index (χ1n) is 4.25. The molecule has 0 aromatic carbocycles. The molecule has 0 aromatic rings. The van der Waals surface area contributed by atoms with Crippen LogP contribution in [0.5, 0.6) is 0 Å². The molecule has 0 aliphatic carbocycles. The van der Waals surface area contributed by atoms with Crippen LogP contribution in [0.3, 0.4) is 0 Å². The molecule has 0 amide bonds. The maximum Gasteiger partial charge on any atom is 0.0366 e. The van der Waals surface area contributed by atoms with Gasteiger partial charge in [0.05, 0.1) is 0 Å². The summed E-state index contributed by atoms with van der Waals surface area (Å²) in [6.07, 6.45) is 0. The van der Waals surface area contributed by atoms with Crippen LogP contribution in [-0.4, -0.2) is 11.1 Å². The van der Waals surface area contributed by atoms with E-state index < -0.39 is 0 Å². The first kappa shape index (κ1) is 11.2. The highest BCUT2D eigenvalue weighted by Crippen LogP contribution is 1.97. The summed E-state index contributed by atoms with van der Waals surface area (Å²) in [5.74, 6) is 0. The van der Waals surface area contributed by atoms with Gasteiger partial charge in [0.15, 0.2) is 0 Å². The van der Waals surface area contributed by atoms with Gasteiger partial charge in [-0.15, -0.1) is 0 Å². The zero-order valence-electron chi connectivity index (χ0n) is 9.00. The van der Waals surface area contributed by atoms with E-state index in [1.807, 2.05) is 0 Å². The highest BCUT2D eigenvalue weighted by Gasteiger charge is 2.06. The number of rotatable bonds is 0. The van der Waals surface area contributed by atoms with Gasteiger partial charge in [-0.05, 0) is 41.5 Å². The number of hydrogen-bond acceptors (Lipinski definition) is 2. The highest BCUT2D eigenvalue weighted by molar-refractivity contribution is 5.00. The third-order valence-corrected chi connectivity index (χ3v) is 0.938. The van der Waals surface area contributed by atoms with E-state index >= 15 is 0 Å². The van der Waals surface area contributed by atoms with E-state index in [1.54, 1.807) is 0 Å². The Labute approximate surface area is 76.1 Å². The molecule has 0 fully saturated rings. The second-order valence-electron chi connectivity index (χ2n) is 5.00. The summed E-state index contributed by atoms with van der Waals surface area (Å²) in [5.41, 5.74) is 0.124. The topological polar surface area (TPSA) is 24.1 Å². The monoisotopic (exact) mass is 168 g/mol. The molecule has 70 valence electrons. The average Bonchev–Trinajstić information content (AvgIpc) is 1.76. The van der Waals surface area contributed by atoms with Gasteiger partial charge in [-0.1, -0.05) is 0 Å². The van der Waals surface area contributed by atoms with Crippen molar-refractivity contribution >= 4 is 0 Å². The fourth-order valence-electron chi connectivity index (χ4n) is 0.438. The van der Waals surface area contributed by atoms with Crippen LogP contribution in [0.15, 0.2) is 0 Å². The van der Waals surface area contributed by atoms with Gasteiger partial charge in [-0.3, -0.25) is 0 Å². The minimum atomic E-state index is 0.0621. The van der Waals surface area contributed by atoms with E-state index in [9.17, 15) is 0 Å². The van der Waals surface area contributed by atoms with Gasteiger partial charge >= 0.3 is 0 Å². The van der Waals surface area contributed by atoms with Crippen molar-refractivity contribution in [1.82, 2.24) is 10.6 Å². The molecule has 0 radical (unpaired) electrons. The second-order valence-corrected chi connectivity index (χ2v) is 5.00. The lowest BCUT2D eigenvalue weighted by atomic mass is 10.1. The van der Waals surface area contributed by atoms with Gasteiger partial charge in [0.1, 0.15) is 0 Å². The van der Waals surface area contributed by atoms with Crippen molar-refractivity contribution in [2.45, 2.75) is 52.6 Å². The molecular formula is C10H20N2.